The number of nitrogens with zero attached hydrogens (tertiary/aromatic N) is 2. The van der Waals surface area contributed by atoms with Gasteiger partial charge < -0.3 is 24.4 Å². The molecular weight excluding hydrogens is 312 g/mol. The van der Waals surface area contributed by atoms with Crippen molar-refractivity contribution in [1.29, 1.82) is 0 Å². The maximum Gasteiger partial charge on any atom is 0.407 e. The smallest absolute Gasteiger partial charge is 0.407 e. The standard InChI is InChI=1S/C17H22N2O5/c1-18(17(21)22)6-4-7-19-8-5-12-9-14(23-2)15(24-3)10-13(12)11-16(19)20/h5,8-10H,4,6-7,11H2,1-3H3,(H,21,22). The van der Waals surface area contributed by atoms with Crippen molar-refractivity contribution in [2.24, 2.45) is 0 Å². The molecule has 0 saturated heterocycles. The summed E-state index contributed by atoms with van der Waals surface area (Å²) in [6, 6.07) is 3.66. The number of methoxy groups -OCH3 is 2. The molecule has 2 rings (SSSR count). The number of carboxylic acid groups (broad SMARTS) is 1. The third-order valence-corrected chi connectivity index (χ3v) is 3.96. The van der Waals surface area contributed by atoms with Crippen molar-refractivity contribution in [3.05, 3.63) is 29.5 Å². The lowest BCUT2D eigenvalue weighted by molar-refractivity contribution is -0.127. The normalized spacial score (nSPS) is 13.3. The van der Waals surface area contributed by atoms with E-state index in [1.165, 1.54) is 11.9 Å². The molecule has 7 heteroatoms. The van der Waals surface area contributed by atoms with E-state index in [4.69, 9.17) is 14.6 Å². The van der Waals surface area contributed by atoms with Crippen molar-refractivity contribution >= 4 is 18.1 Å². The summed E-state index contributed by atoms with van der Waals surface area (Å²) in [7, 11) is 4.64. The van der Waals surface area contributed by atoms with Crippen LogP contribution in [0.1, 0.15) is 17.5 Å². The van der Waals surface area contributed by atoms with Gasteiger partial charge in [0.15, 0.2) is 11.5 Å². The Morgan fingerprint density at radius 1 is 1.29 bits per heavy atom. The zero-order chi connectivity index (χ0) is 17.7. The van der Waals surface area contributed by atoms with E-state index in [0.717, 1.165) is 11.1 Å². The van der Waals surface area contributed by atoms with Gasteiger partial charge in [0.2, 0.25) is 5.91 Å². The van der Waals surface area contributed by atoms with Crippen LogP contribution in [0.3, 0.4) is 0 Å². The summed E-state index contributed by atoms with van der Waals surface area (Å²) in [6.07, 6.45) is 3.46. The predicted octanol–water partition coefficient (Wildman–Crippen LogP) is 2.06. The van der Waals surface area contributed by atoms with Gasteiger partial charge in [0.25, 0.3) is 0 Å². The summed E-state index contributed by atoms with van der Waals surface area (Å²) in [5.41, 5.74) is 1.78. The van der Waals surface area contributed by atoms with E-state index in [-0.39, 0.29) is 12.3 Å². The fraction of sp³-hybridized carbons (Fsp3) is 0.412. The van der Waals surface area contributed by atoms with Gasteiger partial charge >= 0.3 is 6.09 Å². The fourth-order valence-electron chi connectivity index (χ4n) is 2.54. The van der Waals surface area contributed by atoms with Crippen LogP contribution < -0.4 is 9.47 Å². The molecule has 1 aliphatic heterocycles. The van der Waals surface area contributed by atoms with E-state index >= 15 is 0 Å². The second-order valence-electron chi connectivity index (χ2n) is 5.54. The van der Waals surface area contributed by atoms with Gasteiger partial charge in [0.05, 0.1) is 20.6 Å². The molecule has 2 amide bonds. The molecule has 0 unspecified atom stereocenters. The quantitative estimate of drug-likeness (QED) is 0.861. The first-order chi connectivity index (χ1) is 11.5. The van der Waals surface area contributed by atoms with Crippen LogP contribution in [0.2, 0.25) is 0 Å². The number of benzene rings is 1. The van der Waals surface area contributed by atoms with Crippen molar-refractivity contribution < 1.29 is 24.2 Å². The van der Waals surface area contributed by atoms with Crippen molar-refractivity contribution in [1.82, 2.24) is 9.80 Å². The monoisotopic (exact) mass is 334 g/mol. The van der Waals surface area contributed by atoms with E-state index in [9.17, 15) is 9.59 Å². The summed E-state index contributed by atoms with van der Waals surface area (Å²) < 4.78 is 10.6. The minimum atomic E-state index is -0.973. The first-order valence-corrected chi connectivity index (χ1v) is 7.63. The highest BCUT2D eigenvalue weighted by atomic mass is 16.5. The van der Waals surface area contributed by atoms with Crippen LogP contribution in [0.25, 0.3) is 6.08 Å². The third-order valence-electron chi connectivity index (χ3n) is 3.96. The first kappa shape index (κ1) is 17.7. The average Bonchev–Trinajstić information content (AvgIpc) is 2.71. The van der Waals surface area contributed by atoms with E-state index in [1.54, 1.807) is 25.3 Å². The Morgan fingerprint density at radius 2 is 1.96 bits per heavy atom. The first-order valence-electron chi connectivity index (χ1n) is 7.63. The van der Waals surface area contributed by atoms with Gasteiger partial charge in [-0.1, -0.05) is 0 Å². The molecule has 0 radical (unpaired) electrons. The third kappa shape index (κ3) is 3.98. The van der Waals surface area contributed by atoms with Gasteiger partial charge in [-0.05, 0) is 35.8 Å². The lowest BCUT2D eigenvalue weighted by Gasteiger charge is -2.19. The zero-order valence-electron chi connectivity index (χ0n) is 14.1. The number of hydrogen-bond acceptors (Lipinski definition) is 4. The molecule has 0 aliphatic carbocycles. The Hall–Kier alpha value is -2.70. The number of hydrogen-bond donors (Lipinski definition) is 1. The second-order valence-corrected chi connectivity index (χ2v) is 5.54. The molecule has 1 aromatic carbocycles. The van der Waals surface area contributed by atoms with E-state index in [2.05, 4.69) is 0 Å². The molecule has 0 saturated carbocycles. The maximum absolute atomic E-state index is 12.4. The Labute approximate surface area is 141 Å². The lowest BCUT2D eigenvalue weighted by Crippen LogP contribution is -2.31. The van der Waals surface area contributed by atoms with Crippen LogP contribution in [-0.4, -0.2) is 61.3 Å². The Kier molecular flexibility index (Phi) is 5.68. The van der Waals surface area contributed by atoms with Gasteiger partial charge in [-0.25, -0.2) is 4.79 Å². The molecule has 130 valence electrons. The average molecular weight is 334 g/mol. The molecule has 1 aromatic rings. The summed E-state index contributed by atoms with van der Waals surface area (Å²) >= 11 is 0. The van der Waals surface area contributed by atoms with Gasteiger partial charge in [0, 0.05) is 26.3 Å². The maximum atomic E-state index is 12.4. The minimum absolute atomic E-state index is 0.0322. The van der Waals surface area contributed by atoms with Crippen molar-refractivity contribution in [2.75, 3.05) is 34.4 Å². The lowest BCUT2D eigenvalue weighted by atomic mass is 10.0. The molecule has 0 spiro atoms. The van der Waals surface area contributed by atoms with Crippen LogP contribution >= 0.6 is 0 Å². The molecule has 1 aliphatic rings. The molecule has 1 heterocycles. The number of ether oxygens (including phenoxy) is 2. The number of amides is 2. The largest absolute Gasteiger partial charge is 0.493 e. The minimum Gasteiger partial charge on any atom is -0.493 e. The topological polar surface area (TPSA) is 79.3 Å². The second kappa shape index (κ2) is 7.72. The highest BCUT2D eigenvalue weighted by molar-refractivity contribution is 5.84. The van der Waals surface area contributed by atoms with Crippen LogP contribution in [0.5, 0.6) is 11.5 Å². The van der Waals surface area contributed by atoms with Gasteiger partial charge in [0.1, 0.15) is 0 Å². The van der Waals surface area contributed by atoms with E-state index in [1.807, 2.05) is 18.2 Å². The van der Waals surface area contributed by atoms with Crippen LogP contribution in [0.4, 0.5) is 4.79 Å². The summed E-state index contributed by atoms with van der Waals surface area (Å²) in [6.45, 7) is 0.844. The predicted molar refractivity (Wildman–Crippen MR) is 89.3 cm³/mol. The Balaban J connectivity index is 2.09. The molecule has 0 fully saturated rings. The highest BCUT2D eigenvalue weighted by Gasteiger charge is 2.19. The molecular formula is C17H22N2O5. The van der Waals surface area contributed by atoms with E-state index in [0.29, 0.717) is 31.0 Å². The fourth-order valence-corrected chi connectivity index (χ4v) is 2.54. The van der Waals surface area contributed by atoms with Crippen LogP contribution in [0, 0.1) is 0 Å². The summed E-state index contributed by atoms with van der Waals surface area (Å²) in [4.78, 5) is 26.0. The number of fused-ring (bicyclic) bond motifs is 1. The number of carbonyl (C=O) groups is 2. The van der Waals surface area contributed by atoms with Crippen LogP contribution in [-0.2, 0) is 11.2 Å². The summed E-state index contributed by atoms with van der Waals surface area (Å²) in [5, 5.41) is 8.84. The van der Waals surface area contributed by atoms with Crippen molar-refractivity contribution in [2.45, 2.75) is 12.8 Å². The molecule has 0 bridgehead atoms. The molecule has 1 N–H and O–H groups in total. The molecule has 0 aromatic heterocycles. The summed E-state index contributed by atoms with van der Waals surface area (Å²) in [5.74, 6) is 1.18. The van der Waals surface area contributed by atoms with Crippen molar-refractivity contribution in [3.63, 3.8) is 0 Å². The van der Waals surface area contributed by atoms with Gasteiger partial charge in [-0.15, -0.1) is 0 Å². The SMILES string of the molecule is COc1cc2c(cc1OC)CC(=O)N(CCCN(C)C(=O)O)C=C2. The van der Waals surface area contributed by atoms with E-state index < -0.39 is 6.09 Å². The van der Waals surface area contributed by atoms with Gasteiger partial charge in [-0.2, -0.15) is 0 Å². The van der Waals surface area contributed by atoms with Gasteiger partial charge in [-0.3, -0.25) is 4.79 Å². The number of carbonyl (C=O) groups excluding carboxylic acids is 1. The zero-order valence-corrected chi connectivity index (χ0v) is 14.1. The molecule has 24 heavy (non-hydrogen) atoms. The highest BCUT2D eigenvalue weighted by Crippen LogP contribution is 2.32. The van der Waals surface area contributed by atoms with Crippen LogP contribution in [0.15, 0.2) is 18.3 Å². The Bertz CT molecular complexity index is 657. The molecule has 0 atom stereocenters. The van der Waals surface area contributed by atoms with Crippen molar-refractivity contribution in [3.8, 4) is 11.5 Å². The molecule has 7 nitrogen and oxygen atoms in total. The Morgan fingerprint density at radius 3 is 2.58 bits per heavy atom. The number of rotatable bonds is 6.